The molecule has 23 rings (SSSR count). The molecule has 8 heteroatoms. The van der Waals surface area contributed by atoms with E-state index in [1.165, 1.54) is 64.6 Å². The molecule has 8 nitrogen and oxygen atoms in total. The summed E-state index contributed by atoms with van der Waals surface area (Å²) in [5, 5.41) is 14.3. The van der Waals surface area contributed by atoms with Crippen LogP contribution in [0.4, 0.5) is 0 Å². The van der Waals surface area contributed by atoms with E-state index in [2.05, 4.69) is 404 Å². The summed E-state index contributed by atoms with van der Waals surface area (Å²) in [6.45, 7) is 0. The van der Waals surface area contributed by atoms with Gasteiger partial charge < -0.3 is 27.4 Å². The van der Waals surface area contributed by atoms with Crippen molar-refractivity contribution in [2.24, 2.45) is 0 Å². The van der Waals surface area contributed by atoms with Crippen molar-refractivity contribution in [3.05, 3.63) is 376 Å². The molecule has 0 amide bonds. The molecule has 0 N–H and O–H groups in total. The molecule has 23 aromatic rings. The zero-order valence-corrected chi connectivity index (χ0v) is 58.4. The highest BCUT2D eigenvalue weighted by molar-refractivity contribution is 6.15. The maximum Gasteiger partial charge on any atom is 0.160 e. The Bertz CT molecular complexity index is 6710. The molecule has 0 saturated heterocycles. The summed E-state index contributed by atoms with van der Waals surface area (Å²) in [6, 6.07) is 138. The fourth-order valence-electron chi connectivity index (χ4n) is 17.9. The van der Waals surface area contributed by atoms with Gasteiger partial charge in [-0.3, -0.25) is 0 Å². The van der Waals surface area contributed by atoms with Crippen LogP contribution in [0, 0.1) is 0 Å². The van der Waals surface area contributed by atoms with Gasteiger partial charge in [-0.15, -0.1) is 0 Å². The molecule has 108 heavy (non-hydrogen) atoms. The molecule has 0 aliphatic carbocycles. The van der Waals surface area contributed by atoms with Gasteiger partial charge in [0.25, 0.3) is 0 Å². The number of hydrogen-bond acceptors (Lipinski definition) is 2. The molecule has 0 aliphatic heterocycles. The smallest absolute Gasteiger partial charge is 0.160 e. The van der Waals surface area contributed by atoms with Gasteiger partial charge in [0.15, 0.2) is 5.82 Å². The largest absolute Gasteiger partial charge is 0.309 e. The SMILES string of the molecule is c1cc(-c2cc(-n3c4ccccc4c4ccccc43)cc(-n3c4ccccc4c4ccccc43)c2)cc(-c2cc(-c3cc(-n4c5ccccc5c5ccccc54)cc(-n4c5ccccc5c5ccccc54)c3)nc(-c3cc(-n4c5ccccc5c5ccccc54)cc(-n4c5ccccc5c5ccccc54)c3)n2)c1. The third-order valence-corrected chi connectivity index (χ3v) is 22.5. The first-order valence-electron chi connectivity index (χ1n) is 36.9. The molecule has 0 saturated carbocycles. The molecular weight excluding hydrogens is 1310 g/mol. The summed E-state index contributed by atoms with van der Waals surface area (Å²) in [6.07, 6.45) is 0. The number of para-hydroxylation sites is 12. The van der Waals surface area contributed by atoms with Crippen molar-refractivity contribution in [2.75, 3.05) is 0 Å². The van der Waals surface area contributed by atoms with Crippen LogP contribution in [0.5, 0.6) is 0 Å². The fraction of sp³-hybridized carbons (Fsp3) is 0. The molecule has 502 valence electrons. The summed E-state index contributed by atoms with van der Waals surface area (Å²) >= 11 is 0. The standard InChI is InChI=1S/C100H62N8/c1-13-40-88-74(28-1)75-29-2-14-41-89(75)103(88)68-53-65(54-69(59-68)104-90-42-15-3-30-76(90)77-31-4-16-43-91(77)104)63-26-25-27-64(52-63)86-62-87(66-55-70(105-92-44-17-5-32-78(92)79-33-6-18-45-93(79)105)60-71(56-66)106-94-46-19-7-34-80(94)81-35-8-20-47-95(81)106)102-100(101-86)67-57-72(107-96-48-21-9-36-82(96)83-37-10-22-49-97(83)107)61-73(58-67)108-98-50-23-11-38-84(98)85-39-12-24-51-99(85)108/h1-62H. The van der Waals surface area contributed by atoms with Crippen LogP contribution in [0.15, 0.2) is 376 Å². The van der Waals surface area contributed by atoms with E-state index in [0.717, 1.165) is 140 Å². The van der Waals surface area contributed by atoms with Gasteiger partial charge in [-0.25, -0.2) is 9.97 Å². The summed E-state index contributed by atoms with van der Waals surface area (Å²) in [4.78, 5) is 11.9. The summed E-state index contributed by atoms with van der Waals surface area (Å²) in [5.74, 6) is 0.584. The van der Waals surface area contributed by atoms with Gasteiger partial charge in [0.1, 0.15) is 0 Å². The molecule has 0 aliphatic rings. The van der Waals surface area contributed by atoms with E-state index in [-0.39, 0.29) is 0 Å². The normalized spacial score (nSPS) is 12.1. The van der Waals surface area contributed by atoms with Gasteiger partial charge in [-0.2, -0.15) is 0 Å². The number of benzene rings is 16. The van der Waals surface area contributed by atoms with Crippen molar-refractivity contribution < 1.29 is 0 Å². The van der Waals surface area contributed by atoms with Crippen LogP contribution >= 0.6 is 0 Å². The third kappa shape index (κ3) is 9.04. The predicted molar refractivity (Wildman–Crippen MR) is 450 cm³/mol. The van der Waals surface area contributed by atoms with Gasteiger partial charge in [-0.05, 0) is 151 Å². The van der Waals surface area contributed by atoms with Crippen molar-refractivity contribution in [3.63, 3.8) is 0 Å². The average Bonchev–Trinajstić information content (AvgIpc) is 1.33. The van der Waals surface area contributed by atoms with Crippen molar-refractivity contribution in [2.45, 2.75) is 0 Å². The van der Waals surface area contributed by atoms with Crippen LogP contribution in [0.3, 0.4) is 0 Å². The minimum Gasteiger partial charge on any atom is -0.309 e. The zero-order valence-electron chi connectivity index (χ0n) is 58.4. The van der Waals surface area contributed by atoms with E-state index in [0.29, 0.717) is 5.82 Å². The molecule has 0 atom stereocenters. The lowest BCUT2D eigenvalue weighted by Gasteiger charge is -2.18. The first kappa shape index (κ1) is 59.9. The minimum atomic E-state index is 0.584. The van der Waals surface area contributed by atoms with Crippen LogP contribution in [0.1, 0.15) is 0 Å². The second-order valence-corrected chi connectivity index (χ2v) is 28.5. The zero-order chi connectivity index (χ0) is 70.7. The Morgan fingerprint density at radius 2 is 0.333 bits per heavy atom. The Hall–Kier alpha value is -14.6. The Kier molecular flexibility index (Phi) is 13.0. The molecule has 0 spiro atoms. The molecule has 0 radical (unpaired) electrons. The monoisotopic (exact) mass is 1370 g/mol. The Labute approximate surface area is 619 Å². The highest BCUT2D eigenvalue weighted by Gasteiger charge is 2.25. The summed E-state index contributed by atoms with van der Waals surface area (Å²) in [5.41, 5.74) is 26.0. The van der Waals surface area contributed by atoms with E-state index in [9.17, 15) is 0 Å². The molecule has 7 heterocycles. The lowest BCUT2D eigenvalue weighted by Crippen LogP contribution is -2.03. The number of rotatable bonds is 10. The van der Waals surface area contributed by atoms with Crippen LogP contribution in [-0.4, -0.2) is 37.4 Å². The van der Waals surface area contributed by atoms with Gasteiger partial charge >= 0.3 is 0 Å². The Balaban J connectivity index is 0.810. The van der Waals surface area contributed by atoms with Gasteiger partial charge in [-0.1, -0.05) is 237 Å². The first-order valence-corrected chi connectivity index (χ1v) is 36.9. The van der Waals surface area contributed by atoms with E-state index < -0.39 is 0 Å². The lowest BCUT2D eigenvalue weighted by molar-refractivity contribution is 1.12. The molecule has 0 fully saturated rings. The van der Waals surface area contributed by atoms with Crippen molar-refractivity contribution in [3.8, 4) is 79.2 Å². The average molecular weight is 1380 g/mol. The first-order chi connectivity index (χ1) is 53.6. The highest BCUT2D eigenvalue weighted by atomic mass is 15.0. The van der Waals surface area contributed by atoms with Gasteiger partial charge in [0, 0.05) is 115 Å². The lowest BCUT2D eigenvalue weighted by atomic mass is 9.99. The molecule has 0 unspecified atom stereocenters. The number of hydrogen-bond donors (Lipinski definition) is 0. The Morgan fingerprint density at radius 3 is 0.574 bits per heavy atom. The molecule has 0 bridgehead atoms. The van der Waals surface area contributed by atoms with Gasteiger partial charge in [0.2, 0.25) is 0 Å². The van der Waals surface area contributed by atoms with Crippen molar-refractivity contribution in [1.29, 1.82) is 0 Å². The summed E-state index contributed by atoms with van der Waals surface area (Å²) < 4.78 is 14.6. The predicted octanol–water partition coefficient (Wildman–Crippen LogP) is 25.7. The summed E-state index contributed by atoms with van der Waals surface area (Å²) in [7, 11) is 0. The quantitative estimate of drug-likeness (QED) is 0.137. The molecule has 7 aromatic heterocycles. The molecule has 16 aromatic carbocycles. The maximum atomic E-state index is 5.99. The third-order valence-electron chi connectivity index (χ3n) is 22.5. The number of aromatic nitrogens is 8. The fourth-order valence-corrected chi connectivity index (χ4v) is 17.9. The topological polar surface area (TPSA) is 55.4 Å². The van der Waals surface area contributed by atoms with Gasteiger partial charge in [0.05, 0.1) is 77.6 Å². The van der Waals surface area contributed by atoms with E-state index in [4.69, 9.17) is 9.97 Å². The number of nitrogens with zero attached hydrogens (tertiary/aromatic N) is 8. The van der Waals surface area contributed by atoms with E-state index >= 15 is 0 Å². The van der Waals surface area contributed by atoms with E-state index in [1.807, 2.05) is 0 Å². The van der Waals surface area contributed by atoms with Crippen LogP contribution in [0.2, 0.25) is 0 Å². The highest BCUT2D eigenvalue weighted by Crippen LogP contribution is 2.44. The van der Waals surface area contributed by atoms with Crippen LogP contribution in [-0.2, 0) is 0 Å². The number of fused-ring (bicyclic) bond motifs is 18. The van der Waals surface area contributed by atoms with Crippen molar-refractivity contribution in [1.82, 2.24) is 37.4 Å². The van der Waals surface area contributed by atoms with Crippen molar-refractivity contribution >= 4 is 131 Å². The molecular formula is C100H62N8. The van der Waals surface area contributed by atoms with E-state index in [1.54, 1.807) is 0 Å². The second-order valence-electron chi connectivity index (χ2n) is 28.5. The van der Waals surface area contributed by atoms with Crippen LogP contribution in [0.25, 0.3) is 210 Å². The Morgan fingerprint density at radius 1 is 0.139 bits per heavy atom. The second kappa shape index (κ2) is 23.5. The maximum absolute atomic E-state index is 5.99. The minimum absolute atomic E-state index is 0.584. The van der Waals surface area contributed by atoms with Crippen LogP contribution < -0.4 is 0 Å².